The van der Waals surface area contributed by atoms with Crippen LogP contribution in [0.3, 0.4) is 0 Å². The van der Waals surface area contributed by atoms with Gasteiger partial charge in [-0.05, 0) is 6.07 Å². The zero-order valence-electron chi connectivity index (χ0n) is 10.0. The fourth-order valence-corrected chi connectivity index (χ4v) is 1.99. The molecule has 98 valence electrons. The number of aromatic nitrogens is 1. The van der Waals surface area contributed by atoms with E-state index in [0.29, 0.717) is 5.56 Å². The number of pyridine rings is 1. The van der Waals surface area contributed by atoms with Crippen molar-refractivity contribution < 1.29 is 14.7 Å². The molecule has 0 saturated carbocycles. The van der Waals surface area contributed by atoms with E-state index >= 15 is 0 Å². The van der Waals surface area contributed by atoms with E-state index in [9.17, 15) is 9.59 Å². The van der Waals surface area contributed by atoms with E-state index < -0.39 is 12.0 Å². The first-order valence-electron chi connectivity index (χ1n) is 5.69. The number of nitriles is 1. The lowest BCUT2D eigenvalue weighted by atomic mass is 10.1. The number of nitrogens with one attached hydrogen (secondary N) is 1. The van der Waals surface area contributed by atoms with Crippen LogP contribution in [0, 0.1) is 11.3 Å². The first-order chi connectivity index (χ1) is 9.11. The summed E-state index contributed by atoms with van der Waals surface area (Å²) in [6.07, 6.45) is 1.50. The fraction of sp³-hybridized carbons (Fsp3) is 0.333. The van der Waals surface area contributed by atoms with Crippen LogP contribution in [0.25, 0.3) is 0 Å². The monoisotopic (exact) mass is 260 g/mol. The van der Waals surface area contributed by atoms with Gasteiger partial charge in [-0.1, -0.05) is 6.07 Å². The number of aliphatic carboxylic acids is 1. The second kappa shape index (κ2) is 5.46. The van der Waals surface area contributed by atoms with Crippen molar-refractivity contribution in [2.24, 2.45) is 0 Å². The summed E-state index contributed by atoms with van der Waals surface area (Å²) in [7, 11) is 0. The molecule has 2 rings (SSSR count). The summed E-state index contributed by atoms with van der Waals surface area (Å²) in [5.74, 6) is -1.22. The van der Waals surface area contributed by atoms with Gasteiger partial charge in [0, 0.05) is 24.8 Å². The van der Waals surface area contributed by atoms with Crippen molar-refractivity contribution in [2.45, 2.75) is 12.6 Å². The molecule has 7 nitrogen and oxygen atoms in total. The molecule has 0 aromatic carbocycles. The molecule has 1 aliphatic heterocycles. The third kappa shape index (κ3) is 2.86. The third-order valence-electron chi connectivity index (χ3n) is 2.94. The van der Waals surface area contributed by atoms with Crippen molar-refractivity contribution in [3.8, 4) is 6.07 Å². The standard InChI is InChI=1S/C12H12N4O3/c13-4-9-8(2-1-3-14-9)6-16-7-11(17)15-5-10(16)12(18)19/h1-3,10H,5-7H2,(H,15,17)(H,18,19). The van der Waals surface area contributed by atoms with Crippen LogP contribution < -0.4 is 5.32 Å². The number of carbonyl (C=O) groups is 2. The van der Waals surface area contributed by atoms with E-state index in [1.807, 2.05) is 6.07 Å². The van der Waals surface area contributed by atoms with Crippen LogP contribution in [0.5, 0.6) is 0 Å². The Bertz CT molecular complexity index is 552. The third-order valence-corrected chi connectivity index (χ3v) is 2.94. The molecule has 7 heteroatoms. The number of amides is 1. The van der Waals surface area contributed by atoms with Crippen molar-refractivity contribution >= 4 is 11.9 Å². The Balaban J connectivity index is 2.21. The summed E-state index contributed by atoms with van der Waals surface area (Å²) >= 11 is 0. The molecular formula is C12H12N4O3. The number of carboxylic acids is 1. The zero-order chi connectivity index (χ0) is 13.8. The van der Waals surface area contributed by atoms with Gasteiger partial charge in [-0.2, -0.15) is 5.26 Å². The van der Waals surface area contributed by atoms with Gasteiger partial charge >= 0.3 is 5.97 Å². The summed E-state index contributed by atoms with van der Waals surface area (Å²) in [6, 6.07) is 4.55. The zero-order valence-corrected chi connectivity index (χ0v) is 10.0. The van der Waals surface area contributed by atoms with Crippen LogP contribution in [-0.4, -0.2) is 46.0 Å². The molecule has 1 unspecified atom stereocenters. The van der Waals surface area contributed by atoms with E-state index in [2.05, 4.69) is 10.3 Å². The molecule has 1 aromatic rings. The maximum atomic E-state index is 11.4. The average Bonchev–Trinajstić information content (AvgIpc) is 2.39. The molecule has 1 aliphatic rings. The molecule has 2 heterocycles. The van der Waals surface area contributed by atoms with Gasteiger partial charge in [0.1, 0.15) is 17.8 Å². The Kier molecular flexibility index (Phi) is 3.73. The Labute approximate surface area is 109 Å². The SMILES string of the molecule is N#Cc1ncccc1CN1CC(=O)NCC1C(=O)O. The molecule has 1 atom stereocenters. The molecule has 0 radical (unpaired) electrons. The van der Waals surface area contributed by atoms with Crippen molar-refractivity contribution in [3.63, 3.8) is 0 Å². The number of nitrogens with zero attached hydrogens (tertiary/aromatic N) is 3. The predicted molar refractivity (Wildman–Crippen MR) is 63.8 cm³/mol. The van der Waals surface area contributed by atoms with Crippen LogP contribution >= 0.6 is 0 Å². The Hall–Kier alpha value is -2.46. The number of carbonyl (C=O) groups excluding carboxylic acids is 1. The van der Waals surface area contributed by atoms with E-state index in [-0.39, 0.29) is 31.2 Å². The van der Waals surface area contributed by atoms with Crippen LogP contribution in [0.15, 0.2) is 18.3 Å². The minimum atomic E-state index is -0.998. The van der Waals surface area contributed by atoms with E-state index in [1.54, 1.807) is 12.1 Å². The lowest BCUT2D eigenvalue weighted by molar-refractivity contribution is -0.146. The Morgan fingerprint density at radius 1 is 1.68 bits per heavy atom. The second-order valence-corrected chi connectivity index (χ2v) is 4.19. The average molecular weight is 260 g/mol. The van der Waals surface area contributed by atoms with Gasteiger partial charge in [0.15, 0.2) is 0 Å². The molecule has 1 fully saturated rings. The predicted octanol–water partition coefficient (Wildman–Crippen LogP) is -0.662. The van der Waals surface area contributed by atoms with Gasteiger partial charge in [-0.25, -0.2) is 4.98 Å². The number of piperazine rings is 1. The maximum Gasteiger partial charge on any atom is 0.322 e. The molecule has 0 spiro atoms. The van der Waals surface area contributed by atoms with Gasteiger partial charge in [0.25, 0.3) is 0 Å². The number of hydrogen-bond donors (Lipinski definition) is 2. The number of hydrogen-bond acceptors (Lipinski definition) is 5. The smallest absolute Gasteiger partial charge is 0.322 e. The molecule has 1 amide bonds. The number of rotatable bonds is 3. The summed E-state index contributed by atoms with van der Waals surface area (Å²) < 4.78 is 0. The fourth-order valence-electron chi connectivity index (χ4n) is 1.99. The van der Waals surface area contributed by atoms with Gasteiger partial charge in [-0.3, -0.25) is 14.5 Å². The maximum absolute atomic E-state index is 11.4. The quantitative estimate of drug-likeness (QED) is 0.747. The lowest BCUT2D eigenvalue weighted by Gasteiger charge is -2.32. The summed E-state index contributed by atoms with van der Waals surface area (Å²) in [5, 5.41) is 20.6. The van der Waals surface area contributed by atoms with Crippen LogP contribution in [0.1, 0.15) is 11.3 Å². The van der Waals surface area contributed by atoms with Crippen molar-refractivity contribution in [3.05, 3.63) is 29.6 Å². The van der Waals surface area contributed by atoms with Gasteiger partial charge in [0.05, 0.1) is 6.54 Å². The molecule has 19 heavy (non-hydrogen) atoms. The first-order valence-corrected chi connectivity index (χ1v) is 5.69. The lowest BCUT2D eigenvalue weighted by Crippen LogP contribution is -2.57. The normalized spacial score (nSPS) is 19.5. The molecule has 2 N–H and O–H groups in total. The first kappa shape index (κ1) is 13.0. The van der Waals surface area contributed by atoms with Crippen LogP contribution in [0.2, 0.25) is 0 Å². The largest absolute Gasteiger partial charge is 0.480 e. The van der Waals surface area contributed by atoms with Crippen molar-refractivity contribution in [1.29, 1.82) is 5.26 Å². The topological polar surface area (TPSA) is 106 Å². The molecule has 1 aromatic heterocycles. The summed E-state index contributed by atoms with van der Waals surface area (Å²) in [4.78, 5) is 27.9. The molecule has 0 aliphatic carbocycles. The highest BCUT2D eigenvalue weighted by atomic mass is 16.4. The summed E-state index contributed by atoms with van der Waals surface area (Å²) in [5.41, 5.74) is 0.864. The summed E-state index contributed by atoms with van der Waals surface area (Å²) in [6.45, 7) is 0.272. The molecule has 1 saturated heterocycles. The van der Waals surface area contributed by atoms with E-state index in [4.69, 9.17) is 10.4 Å². The molecular weight excluding hydrogens is 248 g/mol. The van der Waals surface area contributed by atoms with Crippen LogP contribution in [-0.2, 0) is 16.1 Å². The van der Waals surface area contributed by atoms with Crippen LogP contribution in [0.4, 0.5) is 0 Å². The minimum Gasteiger partial charge on any atom is -0.480 e. The minimum absolute atomic E-state index is 0.00324. The van der Waals surface area contributed by atoms with Gasteiger partial charge in [0.2, 0.25) is 5.91 Å². The van der Waals surface area contributed by atoms with E-state index in [0.717, 1.165) is 0 Å². The number of carboxylic acid groups (broad SMARTS) is 1. The Morgan fingerprint density at radius 2 is 2.47 bits per heavy atom. The van der Waals surface area contributed by atoms with Gasteiger partial charge < -0.3 is 10.4 Å². The van der Waals surface area contributed by atoms with Crippen molar-refractivity contribution in [1.82, 2.24) is 15.2 Å². The highest BCUT2D eigenvalue weighted by molar-refractivity contribution is 5.83. The highest BCUT2D eigenvalue weighted by Gasteiger charge is 2.32. The highest BCUT2D eigenvalue weighted by Crippen LogP contribution is 2.13. The van der Waals surface area contributed by atoms with E-state index in [1.165, 1.54) is 11.1 Å². The van der Waals surface area contributed by atoms with Crippen molar-refractivity contribution in [2.75, 3.05) is 13.1 Å². The Morgan fingerprint density at radius 3 is 3.16 bits per heavy atom. The second-order valence-electron chi connectivity index (χ2n) is 4.19. The van der Waals surface area contributed by atoms with Gasteiger partial charge in [-0.15, -0.1) is 0 Å². The molecule has 0 bridgehead atoms.